The molecule has 72 valence electrons. The lowest BCUT2D eigenvalue weighted by molar-refractivity contribution is -0.139. The Morgan fingerprint density at radius 3 is 2.50 bits per heavy atom. The summed E-state index contributed by atoms with van der Waals surface area (Å²) in [6.07, 6.45) is 2.67. The molecule has 0 aromatic heterocycles. The van der Waals surface area contributed by atoms with E-state index in [1.807, 2.05) is 20.1 Å². The quantitative estimate of drug-likeness (QED) is 0.662. The molecule has 1 atom stereocenters. The Bertz CT molecular complexity index is 139. The highest BCUT2D eigenvalue weighted by atomic mass is 32.2. The number of carboxylic acid groups (broad SMARTS) is 1. The van der Waals surface area contributed by atoms with E-state index < -0.39 is 12.0 Å². The van der Waals surface area contributed by atoms with E-state index in [0.29, 0.717) is 6.42 Å². The minimum Gasteiger partial charge on any atom is -0.480 e. The Labute approximate surface area is 77.9 Å². The van der Waals surface area contributed by atoms with Gasteiger partial charge in [0.1, 0.15) is 6.04 Å². The summed E-state index contributed by atoms with van der Waals surface area (Å²) in [4.78, 5) is 10.7. The van der Waals surface area contributed by atoms with Crippen LogP contribution in [-0.4, -0.2) is 35.2 Å². The first-order valence-corrected chi connectivity index (χ1v) is 5.45. The van der Waals surface area contributed by atoms with Gasteiger partial charge in [-0.2, -0.15) is 11.8 Å². The molecule has 0 aliphatic rings. The molecule has 0 radical (unpaired) electrons. The maximum Gasteiger partial charge on any atom is 0.320 e. The smallest absolute Gasteiger partial charge is 0.320 e. The normalized spacial score (nSPS) is 13.3. The first-order chi connectivity index (χ1) is 5.57. The highest BCUT2D eigenvalue weighted by Gasteiger charge is 2.16. The maximum atomic E-state index is 10.7. The van der Waals surface area contributed by atoms with Crippen LogP contribution in [0.15, 0.2) is 0 Å². The van der Waals surface area contributed by atoms with Crippen LogP contribution in [0.1, 0.15) is 20.3 Å². The lowest BCUT2D eigenvalue weighted by atomic mass is 10.2. The monoisotopic (exact) mass is 191 g/mol. The van der Waals surface area contributed by atoms with Crippen molar-refractivity contribution in [1.82, 2.24) is 5.32 Å². The minimum absolute atomic E-state index is 0.230. The molecule has 12 heavy (non-hydrogen) atoms. The lowest BCUT2D eigenvalue weighted by Crippen LogP contribution is -2.41. The molecule has 0 heterocycles. The van der Waals surface area contributed by atoms with E-state index in [-0.39, 0.29) is 6.04 Å². The van der Waals surface area contributed by atoms with Gasteiger partial charge in [-0.25, -0.2) is 0 Å². The van der Waals surface area contributed by atoms with Crippen LogP contribution < -0.4 is 5.32 Å². The van der Waals surface area contributed by atoms with Crippen molar-refractivity contribution in [2.45, 2.75) is 32.4 Å². The molecule has 0 aliphatic carbocycles. The average Bonchev–Trinajstić information content (AvgIpc) is 1.96. The molecule has 0 fully saturated rings. The first-order valence-electron chi connectivity index (χ1n) is 4.05. The number of thioether (sulfide) groups is 1. The van der Waals surface area contributed by atoms with Crippen LogP contribution >= 0.6 is 11.8 Å². The predicted octanol–water partition coefficient (Wildman–Crippen LogP) is 1.19. The van der Waals surface area contributed by atoms with Crippen molar-refractivity contribution in [3.05, 3.63) is 0 Å². The third-order valence-corrected chi connectivity index (χ3v) is 2.09. The fraction of sp³-hybridized carbons (Fsp3) is 0.875. The van der Waals surface area contributed by atoms with E-state index in [2.05, 4.69) is 5.32 Å². The van der Waals surface area contributed by atoms with Gasteiger partial charge in [0.25, 0.3) is 0 Å². The average molecular weight is 191 g/mol. The molecule has 0 aliphatic heterocycles. The van der Waals surface area contributed by atoms with E-state index in [0.717, 1.165) is 5.75 Å². The minimum atomic E-state index is -0.752. The molecule has 0 saturated heterocycles. The predicted molar refractivity (Wildman–Crippen MR) is 52.7 cm³/mol. The SMILES string of the molecule is CSCC[C@H](NC(C)C)C(=O)O. The molecular weight excluding hydrogens is 174 g/mol. The van der Waals surface area contributed by atoms with Crippen molar-refractivity contribution in [2.24, 2.45) is 0 Å². The van der Waals surface area contributed by atoms with Gasteiger partial charge in [0.05, 0.1) is 0 Å². The number of aliphatic carboxylic acids is 1. The zero-order valence-electron chi connectivity index (χ0n) is 7.83. The second-order valence-electron chi connectivity index (χ2n) is 2.99. The summed E-state index contributed by atoms with van der Waals surface area (Å²) in [5.74, 6) is 0.134. The lowest BCUT2D eigenvalue weighted by Gasteiger charge is -2.16. The molecule has 0 rings (SSSR count). The summed E-state index contributed by atoms with van der Waals surface area (Å²) in [6, 6.07) is -0.162. The third-order valence-electron chi connectivity index (χ3n) is 1.44. The van der Waals surface area contributed by atoms with Crippen LogP contribution in [0, 0.1) is 0 Å². The molecule has 0 spiro atoms. The van der Waals surface area contributed by atoms with Gasteiger partial charge in [0, 0.05) is 6.04 Å². The molecule has 0 bridgehead atoms. The van der Waals surface area contributed by atoms with Crippen molar-refractivity contribution in [2.75, 3.05) is 12.0 Å². The van der Waals surface area contributed by atoms with Crippen molar-refractivity contribution in [3.8, 4) is 0 Å². The molecule has 0 saturated carbocycles. The second-order valence-corrected chi connectivity index (χ2v) is 3.98. The Morgan fingerprint density at radius 1 is 1.58 bits per heavy atom. The van der Waals surface area contributed by atoms with Crippen LogP contribution in [0.3, 0.4) is 0 Å². The zero-order valence-corrected chi connectivity index (χ0v) is 8.65. The number of hydrogen-bond donors (Lipinski definition) is 2. The van der Waals surface area contributed by atoms with E-state index in [9.17, 15) is 4.79 Å². The molecule has 2 N–H and O–H groups in total. The molecule has 4 heteroatoms. The first kappa shape index (κ1) is 11.8. The fourth-order valence-electron chi connectivity index (χ4n) is 0.916. The van der Waals surface area contributed by atoms with Gasteiger partial charge in [-0.1, -0.05) is 13.8 Å². The number of carbonyl (C=O) groups is 1. The molecule has 0 unspecified atom stereocenters. The molecule has 0 aromatic rings. The Hall–Kier alpha value is -0.220. The van der Waals surface area contributed by atoms with Crippen LogP contribution in [-0.2, 0) is 4.79 Å². The van der Waals surface area contributed by atoms with E-state index in [4.69, 9.17) is 5.11 Å². The topological polar surface area (TPSA) is 49.3 Å². The van der Waals surface area contributed by atoms with Gasteiger partial charge in [0.2, 0.25) is 0 Å². The van der Waals surface area contributed by atoms with Gasteiger partial charge >= 0.3 is 5.97 Å². The summed E-state index contributed by atoms with van der Waals surface area (Å²) >= 11 is 1.67. The van der Waals surface area contributed by atoms with Crippen molar-refractivity contribution >= 4 is 17.7 Å². The van der Waals surface area contributed by atoms with Gasteiger partial charge in [-0.3, -0.25) is 4.79 Å². The van der Waals surface area contributed by atoms with Crippen LogP contribution in [0.2, 0.25) is 0 Å². The Balaban J connectivity index is 3.78. The summed E-state index contributed by atoms with van der Waals surface area (Å²) < 4.78 is 0. The van der Waals surface area contributed by atoms with E-state index in [1.165, 1.54) is 0 Å². The standard InChI is InChI=1S/C8H17NO2S/c1-6(2)9-7(8(10)11)4-5-12-3/h6-7,9H,4-5H2,1-3H3,(H,10,11)/t7-/m0/s1. The van der Waals surface area contributed by atoms with Crippen LogP contribution in [0.5, 0.6) is 0 Å². The summed E-state index contributed by atoms with van der Waals surface area (Å²) in [7, 11) is 0. The molecule has 0 amide bonds. The van der Waals surface area contributed by atoms with Crippen LogP contribution in [0.4, 0.5) is 0 Å². The van der Waals surface area contributed by atoms with Gasteiger partial charge in [-0.05, 0) is 18.4 Å². The van der Waals surface area contributed by atoms with E-state index >= 15 is 0 Å². The van der Waals surface area contributed by atoms with E-state index in [1.54, 1.807) is 11.8 Å². The van der Waals surface area contributed by atoms with Gasteiger partial charge < -0.3 is 10.4 Å². The molecule has 0 aromatic carbocycles. The van der Waals surface area contributed by atoms with Crippen molar-refractivity contribution in [3.63, 3.8) is 0 Å². The highest BCUT2D eigenvalue weighted by Crippen LogP contribution is 2.01. The number of hydrogen-bond acceptors (Lipinski definition) is 3. The van der Waals surface area contributed by atoms with Gasteiger partial charge in [0.15, 0.2) is 0 Å². The summed E-state index contributed by atoms with van der Waals surface area (Å²) in [5, 5.41) is 11.8. The second kappa shape index (κ2) is 6.31. The summed E-state index contributed by atoms with van der Waals surface area (Å²) in [5.41, 5.74) is 0. The Kier molecular flexibility index (Phi) is 6.20. The Morgan fingerprint density at radius 2 is 2.17 bits per heavy atom. The number of carboxylic acids is 1. The number of nitrogens with one attached hydrogen (secondary N) is 1. The summed E-state index contributed by atoms with van der Waals surface area (Å²) in [6.45, 7) is 3.91. The molecule has 3 nitrogen and oxygen atoms in total. The fourth-order valence-corrected chi connectivity index (χ4v) is 1.39. The highest BCUT2D eigenvalue weighted by molar-refractivity contribution is 7.98. The van der Waals surface area contributed by atoms with Gasteiger partial charge in [-0.15, -0.1) is 0 Å². The van der Waals surface area contributed by atoms with Crippen molar-refractivity contribution in [1.29, 1.82) is 0 Å². The third kappa shape index (κ3) is 5.43. The number of rotatable bonds is 6. The largest absolute Gasteiger partial charge is 0.480 e. The van der Waals surface area contributed by atoms with Crippen molar-refractivity contribution < 1.29 is 9.90 Å². The zero-order chi connectivity index (χ0) is 9.56. The molecular formula is C8H17NO2S. The van der Waals surface area contributed by atoms with Crippen LogP contribution in [0.25, 0.3) is 0 Å². The maximum absolute atomic E-state index is 10.7.